The maximum Gasteiger partial charge on any atom is 0.262 e. The molecule has 2 aromatic rings. The van der Waals surface area contributed by atoms with Gasteiger partial charge in [0.05, 0.1) is 5.02 Å². The summed E-state index contributed by atoms with van der Waals surface area (Å²) in [6, 6.07) is 10.7. The van der Waals surface area contributed by atoms with Crippen molar-refractivity contribution in [3.8, 4) is 5.75 Å². The number of ether oxygens (including phenoxy) is 1. The standard InChI is InChI=1S/C18H16ClFN2O3/c19-15-10-12(20)3-8-16(15)25-11-17(23)21-13-4-6-14(7-5-13)22-9-1-2-18(22)24/h3-8,10H,1-2,9,11H2,(H,21,23). The van der Waals surface area contributed by atoms with E-state index < -0.39 is 5.82 Å². The predicted octanol–water partition coefficient (Wildman–Crippen LogP) is 3.62. The molecule has 25 heavy (non-hydrogen) atoms. The molecule has 0 radical (unpaired) electrons. The number of benzene rings is 2. The van der Waals surface area contributed by atoms with Gasteiger partial charge in [-0.1, -0.05) is 11.6 Å². The highest BCUT2D eigenvalue weighted by Crippen LogP contribution is 2.25. The molecule has 0 aromatic heterocycles. The smallest absolute Gasteiger partial charge is 0.262 e. The normalized spacial score (nSPS) is 13.8. The van der Waals surface area contributed by atoms with Crippen molar-refractivity contribution < 1.29 is 18.7 Å². The first-order valence-corrected chi connectivity index (χ1v) is 8.19. The first kappa shape index (κ1) is 17.2. The summed E-state index contributed by atoms with van der Waals surface area (Å²) in [4.78, 5) is 25.4. The lowest BCUT2D eigenvalue weighted by Crippen LogP contribution is -2.23. The van der Waals surface area contributed by atoms with Crippen molar-refractivity contribution >= 4 is 34.8 Å². The van der Waals surface area contributed by atoms with Crippen LogP contribution < -0.4 is 15.0 Å². The van der Waals surface area contributed by atoms with Gasteiger partial charge in [-0.3, -0.25) is 9.59 Å². The number of halogens is 2. The Morgan fingerprint density at radius 3 is 2.64 bits per heavy atom. The lowest BCUT2D eigenvalue weighted by molar-refractivity contribution is -0.118. The lowest BCUT2D eigenvalue weighted by Gasteiger charge is -2.16. The van der Waals surface area contributed by atoms with Crippen LogP contribution in [0.25, 0.3) is 0 Å². The molecule has 0 saturated carbocycles. The molecule has 1 fully saturated rings. The van der Waals surface area contributed by atoms with Crippen LogP contribution in [0.15, 0.2) is 42.5 Å². The third-order valence-electron chi connectivity index (χ3n) is 3.79. The van der Waals surface area contributed by atoms with Gasteiger partial charge in [0.1, 0.15) is 11.6 Å². The second kappa shape index (κ2) is 7.53. The van der Waals surface area contributed by atoms with Gasteiger partial charge < -0.3 is 15.0 Å². The van der Waals surface area contributed by atoms with E-state index in [1.165, 1.54) is 12.1 Å². The summed E-state index contributed by atoms with van der Waals surface area (Å²) in [6.45, 7) is 0.467. The Balaban J connectivity index is 1.55. The number of carbonyl (C=O) groups excluding carboxylic acids is 2. The van der Waals surface area contributed by atoms with Crippen LogP contribution in [0.1, 0.15) is 12.8 Å². The molecule has 1 N–H and O–H groups in total. The van der Waals surface area contributed by atoms with Gasteiger partial charge in [-0.25, -0.2) is 4.39 Å². The van der Waals surface area contributed by atoms with Crippen molar-refractivity contribution in [2.24, 2.45) is 0 Å². The molecule has 0 spiro atoms. The summed E-state index contributed by atoms with van der Waals surface area (Å²) in [5, 5.41) is 2.79. The van der Waals surface area contributed by atoms with Crippen molar-refractivity contribution in [1.29, 1.82) is 0 Å². The Hall–Kier alpha value is -2.60. The number of amides is 2. The fraction of sp³-hybridized carbons (Fsp3) is 0.222. The molecule has 3 rings (SSSR count). The molecule has 7 heteroatoms. The molecular formula is C18H16ClFN2O3. The Morgan fingerprint density at radius 2 is 2.00 bits per heavy atom. The van der Waals surface area contributed by atoms with Crippen molar-refractivity contribution in [3.63, 3.8) is 0 Å². The highest BCUT2D eigenvalue weighted by atomic mass is 35.5. The van der Waals surface area contributed by atoms with Gasteiger partial charge in [0.2, 0.25) is 5.91 Å². The van der Waals surface area contributed by atoms with E-state index in [0.29, 0.717) is 12.1 Å². The summed E-state index contributed by atoms with van der Waals surface area (Å²) in [7, 11) is 0. The van der Waals surface area contributed by atoms with Gasteiger partial charge in [-0.15, -0.1) is 0 Å². The molecule has 1 aliphatic rings. The molecule has 2 amide bonds. The SMILES string of the molecule is O=C(COc1ccc(F)cc1Cl)Nc1ccc(N2CCCC2=O)cc1. The average Bonchev–Trinajstić information content (AvgIpc) is 3.01. The van der Waals surface area contributed by atoms with Gasteiger partial charge in [0.25, 0.3) is 5.91 Å². The van der Waals surface area contributed by atoms with Gasteiger partial charge in [0.15, 0.2) is 6.61 Å². The fourth-order valence-corrected chi connectivity index (χ4v) is 2.80. The van der Waals surface area contributed by atoms with Crippen LogP contribution in [0, 0.1) is 5.82 Å². The van der Waals surface area contributed by atoms with Crippen LogP contribution in [-0.4, -0.2) is 25.0 Å². The number of anilines is 2. The zero-order valence-corrected chi connectivity index (χ0v) is 14.1. The molecule has 1 aliphatic heterocycles. The van der Waals surface area contributed by atoms with E-state index in [1.54, 1.807) is 29.2 Å². The van der Waals surface area contributed by atoms with Gasteiger partial charge in [0, 0.05) is 24.3 Å². The van der Waals surface area contributed by atoms with E-state index in [9.17, 15) is 14.0 Å². The van der Waals surface area contributed by atoms with Gasteiger partial charge >= 0.3 is 0 Å². The van der Waals surface area contributed by atoms with Crippen molar-refractivity contribution in [3.05, 3.63) is 53.3 Å². The quantitative estimate of drug-likeness (QED) is 0.883. The molecule has 130 valence electrons. The van der Waals surface area contributed by atoms with E-state index in [4.69, 9.17) is 16.3 Å². The summed E-state index contributed by atoms with van der Waals surface area (Å²) in [5.74, 6) is -0.494. The number of hydrogen-bond acceptors (Lipinski definition) is 3. The minimum atomic E-state index is -0.474. The summed E-state index contributed by atoms with van der Waals surface area (Å²) in [5.41, 5.74) is 1.41. The predicted molar refractivity (Wildman–Crippen MR) is 93.6 cm³/mol. The van der Waals surface area contributed by atoms with E-state index in [2.05, 4.69) is 5.32 Å². The number of nitrogens with one attached hydrogen (secondary N) is 1. The van der Waals surface area contributed by atoms with Gasteiger partial charge in [-0.05, 0) is 48.9 Å². The number of carbonyl (C=O) groups is 2. The average molecular weight is 363 g/mol. The summed E-state index contributed by atoms with van der Waals surface area (Å²) < 4.78 is 18.2. The Bertz CT molecular complexity index is 795. The molecule has 2 aromatic carbocycles. The lowest BCUT2D eigenvalue weighted by atomic mass is 10.2. The van der Waals surface area contributed by atoms with E-state index in [1.807, 2.05) is 0 Å². The van der Waals surface area contributed by atoms with Gasteiger partial charge in [-0.2, -0.15) is 0 Å². The largest absolute Gasteiger partial charge is 0.482 e. The van der Waals surface area contributed by atoms with Crippen LogP contribution >= 0.6 is 11.6 Å². The number of hydrogen-bond donors (Lipinski definition) is 1. The fourth-order valence-electron chi connectivity index (χ4n) is 2.58. The van der Waals surface area contributed by atoms with Crippen molar-refractivity contribution in [1.82, 2.24) is 0 Å². The minimum Gasteiger partial charge on any atom is -0.482 e. The molecule has 5 nitrogen and oxygen atoms in total. The van der Waals surface area contributed by atoms with Crippen LogP contribution in [-0.2, 0) is 9.59 Å². The molecule has 1 saturated heterocycles. The summed E-state index contributed by atoms with van der Waals surface area (Å²) >= 11 is 5.84. The van der Waals surface area contributed by atoms with Crippen LogP contribution in [0.4, 0.5) is 15.8 Å². The molecule has 1 heterocycles. The molecule has 0 atom stereocenters. The summed E-state index contributed by atoms with van der Waals surface area (Å²) in [6.07, 6.45) is 1.43. The van der Waals surface area contributed by atoms with Crippen LogP contribution in [0.5, 0.6) is 5.75 Å². The Kier molecular flexibility index (Phi) is 5.19. The first-order chi connectivity index (χ1) is 12.0. The highest BCUT2D eigenvalue weighted by Gasteiger charge is 2.21. The number of nitrogens with zero attached hydrogens (tertiary/aromatic N) is 1. The third-order valence-corrected chi connectivity index (χ3v) is 4.08. The molecular weight excluding hydrogens is 347 g/mol. The monoisotopic (exact) mass is 362 g/mol. The second-order valence-electron chi connectivity index (χ2n) is 5.61. The molecule has 0 bridgehead atoms. The maximum absolute atomic E-state index is 13.0. The van der Waals surface area contributed by atoms with Crippen molar-refractivity contribution in [2.75, 3.05) is 23.4 Å². The number of rotatable bonds is 5. The van der Waals surface area contributed by atoms with E-state index >= 15 is 0 Å². The first-order valence-electron chi connectivity index (χ1n) is 7.81. The third kappa shape index (κ3) is 4.28. The Morgan fingerprint density at radius 1 is 1.24 bits per heavy atom. The zero-order chi connectivity index (χ0) is 17.8. The van der Waals surface area contributed by atoms with Crippen LogP contribution in [0.2, 0.25) is 5.02 Å². The second-order valence-corrected chi connectivity index (χ2v) is 6.01. The highest BCUT2D eigenvalue weighted by molar-refractivity contribution is 6.32. The minimum absolute atomic E-state index is 0.104. The Labute approximate surface area is 149 Å². The van der Waals surface area contributed by atoms with E-state index in [-0.39, 0.29) is 29.2 Å². The maximum atomic E-state index is 13.0. The van der Waals surface area contributed by atoms with Crippen molar-refractivity contribution in [2.45, 2.75) is 12.8 Å². The van der Waals surface area contributed by atoms with E-state index in [0.717, 1.165) is 24.7 Å². The zero-order valence-electron chi connectivity index (χ0n) is 13.3. The topological polar surface area (TPSA) is 58.6 Å². The molecule has 0 unspecified atom stereocenters. The van der Waals surface area contributed by atoms with Crippen LogP contribution in [0.3, 0.4) is 0 Å². The molecule has 0 aliphatic carbocycles.